The van der Waals surface area contributed by atoms with Crippen LogP contribution in [0.25, 0.3) is 22.9 Å². The number of hydrogen-bond acceptors (Lipinski definition) is 6. The lowest BCUT2D eigenvalue weighted by molar-refractivity contribution is 0.871. The van der Waals surface area contributed by atoms with Gasteiger partial charge in [-0.25, -0.2) is 0 Å². The minimum Gasteiger partial charge on any atom is -0.398 e. The Bertz CT molecular complexity index is 681. The van der Waals surface area contributed by atoms with Crippen molar-refractivity contribution in [3.05, 3.63) is 48.7 Å². The molecule has 0 amide bonds. The lowest BCUT2D eigenvalue weighted by Gasteiger charge is -2.02. The molecule has 92 valence electrons. The first-order chi connectivity index (χ1) is 9.34. The van der Waals surface area contributed by atoms with E-state index in [4.69, 9.17) is 5.73 Å². The highest BCUT2D eigenvalue weighted by Crippen LogP contribution is 2.20. The van der Waals surface area contributed by atoms with Gasteiger partial charge in [-0.3, -0.25) is 4.98 Å². The summed E-state index contributed by atoms with van der Waals surface area (Å²) < 4.78 is 0. The summed E-state index contributed by atoms with van der Waals surface area (Å²) in [4.78, 5) is 4.14. The van der Waals surface area contributed by atoms with Crippen molar-refractivity contribution < 1.29 is 0 Å². The number of benzene rings is 1. The Hall–Kier alpha value is -2.89. The standard InChI is InChI=1S/C13H10N6/c14-10-6-2-1-5-9(10)12-16-18-13(19-17-12)11-7-3-4-8-15-11/h1-8H,14H2. The molecular formula is C13H10N6. The topological polar surface area (TPSA) is 90.5 Å². The highest BCUT2D eigenvalue weighted by Gasteiger charge is 2.08. The number of aromatic nitrogens is 5. The van der Waals surface area contributed by atoms with E-state index in [9.17, 15) is 0 Å². The zero-order valence-electron chi connectivity index (χ0n) is 9.93. The van der Waals surface area contributed by atoms with Crippen LogP contribution in [0.4, 0.5) is 5.69 Å². The maximum absolute atomic E-state index is 5.85. The number of nitrogen functional groups attached to an aromatic ring is 1. The van der Waals surface area contributed by atoms with E-state index in [1.54, 1.807) is 18.3 Å². The molecule has 0 spiro atoms. The average Bonchev–Trinajstić information content (AvgIpc) is 2.49. The molecule has 0 saturated heterocycles. The molecule has 0 unspecified atom stereocenters. The summed E-state index contributed by atoms with van der Waals surface area (Å²) in [6.45, 7) is 0. The molecule has 0 saturated carbocycles. The molecule has 0 bridgehead atoms. The fraction of sp³-hybridized carbons (Fsp3) is 0. The molecule has 6 heteroatoms. The number of anilines is 1. The SMILES string of the molecule is Nc1ccccc1-c1nnc(-c2ccccn2)nn1. The van der Waals surface area contributed by atoms with Gasteiger partial charge in [0.25, 0.3) is 0 Å². The van der Waals surface area contributed by atoms with Crippen molar-refractivity contribution >= 4 is 5.69 Å². The molecule has 0 aliphatic carbocycles. The lowest BCUT2D eigenvalue weighted by atomic mass is 10.2. The van der Waals surface area contributed by atoms with Crippen molar-refractivity contribution in [3.8, 4) is 22.9 Å². The summed E-state index contributed by atoms with van der Waals surface area (Å²) in [6, 6.07) is 12.8. The molecule has 2 heterocycles. The van der Waals surface area contributed by atoms with E-state index in [1.165, 1.54) is 0 Å². The van der Waals surface area contributed by atoms with Crippen molar-refractivity contribution in [2.75, 3.05) is 5.73 Å². The van der Waals surface area contributed by atoms with Gasteiger partial charge < -0.3 is 5.73 Å². The smallest absolute Gasteiger partial charge is 0.221 e. The van der Waals surface area contributed by atoms with E-state index in [1.807, 2.05) is 30.3 Å². The largest absolute Gasteiger partial charge is 0.398 e. The van der Waals surface area contributed by atoms with Crippen LogP contribution >= 0.6 is 0 Å². The van der Waals surface area contributed by atoms with E-state index in [2.05, 4.69) is 25.4 Å². The van der Waals surface area contributed by atoms with Gasteiger partial charge in [0.05, 0.1) is 0 Å². The molecule has 2 N–H and O–H groups in total. The molecule has 1 aromatic carbocycles. The van der Waals surface area contributed by atoms with E-state index in [-0.39, 0.29) is 0 Å². The highest BCUT2D eigenvalue weighted by molar-refractivity contribution is 5.70. The fourth-order valence-electron chi connectivity index (χ4n) is 1.64. The van der Waals surface area contributed by atoms with Gasteiger partial charge in [-0.05, 0) is 24.3 Å². The molecule has 2 aromatic heterocycles. The second-order valence-corrected chi connectivity index (χ2v) is 3.85. The first kappa shape index (κ1) is 11.2. The van der Waals surface area contributed by atoms with Gasteiger partial charge in [-0.2, -0.15) is 0 Å². The summed E-state index contributed by atoms with van der Waals surface area (Å²) in [7, 11) is 0. The Balaban J connectivity index is 1.98. The van der Waals surface area contributed by atoms with Gasteiger partial charge in [0.2, 0.25) is 11.6 Å². The number of rotatable bonds is 2. The van der Waals surface area contributed by atoms with Crippen LogP contribution in [0.2, 0.25) is 0 Å². The zero-order valence-corrected chi connectivity index (χ0v) is 9.93. The number of nitrogens with zero attached hydrogens (tertiary/aromatic N) is 5. The number of hydrogen-bond donors (Lipinski definition) is 1. The van der Waals surface area contributed by atoms with Crippen LogP contribution in [0.1, 0.15) is 0 Å². The predicted octanol–water partition coefficient (Wildman–Crippen LogP) is 1.58. The third-order valence-corrected chi connectivity index (χ3v) is 2.57. The molecular weight excluding hydrogens is 240 g/mol. The van der Waals surface area contributed by atoms with Crippen molar-refractivity contribution in [2.24, 2.45) is 0 Å². The van der Waals surface area contributed by atoms with Crippen LogP contribution in [-0.2, 0) is 0 Å². The Morgan fingerprint density at radius 3 is 2.11 bits per heavy atom. The Morgan fingerprint density at radius 2 is 1.42 bits per heavy atom. The molecule has 0 radical (unpaired) electrons. The number of pyridine rings is 1. The van der Waals surface area contributed by atoms with Gasteiger partial charge in [-0.15, -0.1) is 20.4 Å². The molecule has 19 heavy (non-hydrogen) atoms. The van der Waals surface area contributed by atoms with E-state index in [0.29, 0.717) is 23.0 Å². The third-order valence-electron chi connectivity index (χ3n) is 2.57. The second kappa shape index (κ2) is 4.77. The molecule has 0 fully saturated rings. The first-order valence-corrected chi connectivity index (χ1v) is 5.68. The van der Waals surface area contributed by atoms with Gasteiger partial charge in [0.15, 0.2) is 0 Å². The van der Waals surface area contributed by atoms with E-state index < -0.39 is 0 Å². The molecule has 3 rings (SSSR count). The maximum atomic E-state index is 5.85. The average molecular weight is 250 g/mol. The van der Waals surface area contributed by atoms with Crippen LogP contribution in [-0.4, -0.2) is 25.4 Å². The fourth-order valence-corrected chi connectivity index (χ4v) is 1.64. The zero-order chi connectivity index (χ0) is 13.1. The van der Waals surface area contributed by atoms with Crippen LogP contribution < -0.4 is 5.73 Å². The molecule has 0 aliphatic heterocycles. The summed E-state index contributed by atoms with van der Waals surface area (Å²) in [6.07, 6.45) is 1.67. The summed E-state index contributed by atoms with van der Waals surface area (Å²) >= 11 is 0. The Labute approximate surface area is 109 Å². The molecule has 6 nitrogen and oxygen atoms in total. The van der Waals surface area contributed by atoms with Crippen molar-refractivity contribution in [1.82, 2.24) is 25.4 Å². The molecule has 3 aromatic rings. The van der Waals surface area contributed by atoms with Crippen LogP contribution in [0, 0.1) is 0 Å². The van der Waals surface area contributed by atoms with Gasteiger partial charge in [-0.1, -0.05) is 18.2 Å². The van der Waals surface area contributed by atoms with Crippen LogP contribution in [0.15, 0.2) is 48.7 Å². The number of para-hydroxylation sites is 1. The Morgan fingerprint density at radius 1 is 0.737 bits per heavy atom. The van der Waals surface area contributed by atoms with Crippen molar-refractivity contribution in [3.63, 3.8) is 0 Å². The maximum Gasteiger partial charge on any atom is 0.221 e. The molecule has 0 atom stereocenters. The van der Waals surface area contributed by atoms with Gasteiger partial charge in [0, 0.05) is 17.4 Å². The minimum absolute atomic E-state index is 0.388. The van der Waals surface area contributed by atoms with Crippen molar-refractivity contribution in [1.29, 1.82) is 0 Å². The summed E-state index contributed by atoms with van der Waals surface area (Å²) in [5, 5.41) is 16.1. The quantitative estimate of drug-likeness (QED) is 0.694. The summed E-state index contributed by atoms with van der Waals surface area (Å²) in [5.74, 6) is 0.789. The number of nitrogens with two attached hydrogens (primary N) is 1. The van der Waals surface area contributed by atoms with Crippen molar-refractivity contribution in [2.45, 2.75) is 0 Å². The molecule has 0 aliphatic rings. The predicted molar refractivity (Wildman–Crippen MR) is 70.7 cm³/mol. The first-order valence-electron chi connectivity index (χ1n) is 5.68. The van der Waals surface area contributed by atoms with Gasteiger partial charge >= 0.3 is 0 Å². The second-order valence-electron chi connectivity index (χ2n) is 3.85. The van der Waals surface area contributed by atoms with Crippen LogP contribution in [0.5, 0.6) is 0 Å². The summed E-state index contributed by atoms with van der Waals surface area (Å²) in [5.41, 5.74) is 7.80. The van der Waals surface area contributed by atoms with Crippen LogP contribution in [0.3, 0.4) is 0 Å². The Kier molecular flexibility index (Phi) is 2.82. The minimum atomic E-state index is 0.388. The lowest BCUT2D eigenvalue weighted by Crippen LogP contribution is -2.01. The van der Waals surface area contributed by atoms with E-state index in [0.717, 1.165) is 5.56 Å². The highest BCUT2D eigenvalue weighted by atomic mass is 15.3. The normalized spacial score (nSPS) is 10.3. The third kappa shape index (κ3) is 2.23. The monoisotopic (exact) mass is 250 g/mol. The van der Waals surface area contributed by atoms with E-state index >= 15 is 0 Å². The van der Waals surface area contributed by atoms with Gasteiger partial charge in [0.1, 0.15) is 5.69 Å².